The highest BCUT2D eigenvalue weighted by atomic mass is 32.2. The van der Waals surface area contributed by atoms with Crippen LogP contribution in [0, 0.1) is 5.92 Å². The summed E-state index contributed by atoms with van der Waals surface area (Å²) in [5.41, 5.74) is 5.39. The molecule has 0 heterocycles. The maximum Gasteiger partial charge on any atom is 0.178 e. The van der Waals surface area contributed by atoms with Crippen LogP contribution in [0.5, 0.6) is 0 Å². The zero-order chi connectivity index (χ0) is 11.3. The van der Waals surface area contributed by atoms with Gasteiger partial charge in [-0.15, -0.1) is 0 Å². The molecule has 84 valence electrons. The third-order valence-corrected chi connectivity index (χ3v) is 4.26. The second-order valence-corrected chi connectivity index (χ2v) is 5.81. The molecule has 0 saturated heterocycles. The van der Waals surface area contributed by atoms with E-state index in [0.29, 0.717) is 11.4 Å². The van der Waals surface area contributed by atoms with Crippen molar-refractivity contribution in [3.8, 4) is 0 Å². The Hall–Kier alpha value is -0.870. The van der Waals surface area contributed by atoms with Crippen LogP contribution in [0.3, 0.4) is 0 Å². The molecular formula is C11H17NO2S. The molecule has 0 aliphatic carbocycles. The number of benzene rings is 1. The van der Waals surface area contributed by atoms with Crippen LogP contribution in [-0.2, 0) is 9.84 Å². The molecule has 15 heavy (non-hydrogen) atoms. The van der Waals surface area contributed by atoms with Crippen LogP contribution in [0.25, 0.3) is 0 Å². The third-order valence-electron chi connectivity index (χ3n) is 2.27. The van der Waals surface area contributed by atoms with Crippen molar-refractivity contribution in [2.45, 2.75) is 18.2 Å². The third kappa shape index (κ3) is 3.64. The van der Waals surface area contributed by atoms with E-state index in [2.05, 4.69) is 0 Å². The van der Waals surface area contributed by atoms with Gasteiger partial charge in [-0.25, -0.2) is 8.42 Å². The molecule has 0 spiro atoms. The normalized spacial score (nSPS) is 13.7. The van der Waals surface area contributed by atoms with E-state index in [1.54, 1.807) is 24.3 Å². The van der Waals surface area contributed by atoms with Gasteiger partial charge in [-0.3, -0.25) is 0 Å². The molecule has 1 rings (SSSR count). The van der Waals surface area contributed by atoms with Gasteiger partial charge < -0.3 is 5.73 Å². The van der Waals surface area contributed by atoms with E-state index in [1.165, 1.54) is 0 Å². The molecule has 1 atom stereocenters. The summed E-state index contributed by atoms with van der Waals surface area (Å²) in [6, 6.07) is 8.54. The van der Waals surface area contributed by atoms with Gasteiger partial charge in [0.2, 0.25) is 0 Å². The van der Waals surface area contributed by atoms with Gasteiger partial charge in [-0.2, -0.15) is 0 Å². The predicted molar refractivity (Wildman–Crippen MR) is 61.3 cm³/mol. The largest absolute Gasteiger partial charge is 0.330 e. The predicted octanol–water partition coefficient (Wildman–Crippen LogP) is 1.45. The average molecular weight is 227 g/mol. The topological polar surface area (TPSA) is 60.2 Å². The quantitative estimate of drug-likeness (QED) is 0.828. The number of rotatable bonds is 5. The number of nitrogens with two attached hydrogens (primary N) is 1. The fraction of sp³-hybridized carbons (Fsp3) is 0.455. The van der Waals surface area contributed by atoms with Gasteiger partial charge in [0.1, 0.15) is 0 Å². The van der Waals surface area contributed by atoms with Crippen molar-refractivity contribution < 1.29 is 8.42 Å². The molecular weight excluding hydrogens is 210 g/mol. The second-order valence-electron chi connectivity index (χ2n) is 3.78. The average Bonchev–Trinajstić information content (AvgIpc) is 2.18. The maximum atomic E-state index is 11.9. The molecule has 1 unspecified atom stereocenters. The Morgan fingerprint density at radius 3 is 2.40 bits per heavy atom. The Labute approximate surface area is 91.2 Å². The van der Waals surface area contributed by atoms with E-state index in [4.69, 9.17) is 5.73 Å². The molecule has 3 nitrogen and oxygen atoms in total. The van der Waals surface area contributed by atoms with E-state index >= 15 is 0 Å². The monoisotopic (exact) mass is 227 g/mol. The highest BCUT2D eigenvalue weighted by molar-refractivity contribution is 7.91. The van der Waals surface area contributed by atoms with Gasteiger partial charge in [0.05, 0.1) is 10.6 Å². The molecule has 0 aliphatic rings. The lowest BCUT2D eigenvalue weighted by Gasteiger charge is -2.10. The lowest BCUT2D eigenvalue weighted by Crippen LogP contribution is -2.17. The van der Waals surface area contributed by atoms with E-state index in [-0.39, 0.29) is 11.7 Å². The van der Waals surface area contributed by atoms with E-state index in [1.807, 2.05) is 13.0 Å². The molecule has 0 bridgehead atoms. The van der Waals surface area contributed by atoms with Gasteiger partial charge in [0.25, 0.3) is 0 Å². The first kappa shape index (κ1) is 12.2. The minimum atomic E-state index is -3.14. The second kappa shape index (κ2) is 5.28. The summed E-state index contributed by atoms with van der Waals surface area (Å²) < 4.78 is 23.8. The van der Waals surface area contributed by atoms with Gasteiger partial charge in [-0.05, 0) is 31.0 Å². The van der Waals surface area contributed by atoms with Crippen LogP contribution >= 0.6 is 0 Å². The van der Waals surface area contributed by atoms with Crippen LogP contribution in [0.2, 0.25) is 0 Å². The first-order valence-corrected chi connectivity index (χ1v) is 6.69. The molecule has 0 saturated carbocycles. The Bertz CT molecular complexity index is 386. The van der Waals surface area contributed by atoms with Crippen molar-refractivity contribution in [1.29, 1.82) is 0 Å². The summed E-state index contributed by atoms with van der Waals surface area (Å²) in [5, 5.41) is 0. The van der Waals surface area contributed by atoms with E-state index in [0.717, 1.165) is 6.42 Å². The molecule has 0 amide bonds. The summed E-state index contributed by atoms with van der Waals surface area (Å²) in [5.74, 6) is 0.286. The minimum Gasteiger partial charge on any atom is -0.330 e. The molecule has 1 aromatic rings. The van der Waals surface area contributed by atoms with Crippen molar-refractivity contribution in [3.05, 3.63) is 30.3 Å². The van der Waals surface area contributed by atoms with Gasteiger partial charge >= 0.3 is 0 Å². The fourth-order valence-electron chi connectivity index (χ4n) is 1.47. The first-order chi connectivity index (χ1) is 7.06. The zero-order valence-electron chi connectivity index (χ0n) is 8.89. The summed E-state index contributed by atoms with van der Waals surface area (Å²) in [7, 11) is -3.14. The molecule has 1 aromatic carbocycles. The van der Waals surface area contributed by atoms with Crippen molar-refractivity contribution in [2.24, 2.45) is 11.7 Å². The van der Waals surface area contributed by atoms with Gasteiger partial charge in [0, 0.05) is 0 Å². The van der Waals surface area contributed by atoms with Crippen molar-refractivity contribution >= 4 is 9.84 Å². The SMILES string of the molecule is CC(CCN)CS(=O)(=O)c1ccccc1. The summed E-state index contributed by atoms with van der Waals surface area (Å²) in [6.45, 7) is 2.44. The van der Waals surface area contributed by atoms with Crippen molar-refractivity contribution in [1.82, 2.24) is 0 Å². The number of sulfone groups is 1. The number of hydrogen-bond donors (Lipinski definition) is 1. The standard InChI is InChI=1S/C11H17NO2S/c1-10(7-8-12)9-15(13,14)11-5-3-2-4-6-11/h2-6,10H,7-9,12H2,1H3. The highest BCUT2D eigenvalue weighted by Gasteiger charge is 2.17. The molecule has 0 aromatic heterocycles. The Kier molecular flexibility index (Phi) is 4.29. The lowest BCUT2D eigenvalue weighted by molar-refractivity contribution is 0.554. The smallest absolute Gasteiger partial charge is 0.178 e. The number of hydrogen-bond acceptors (Lipinski definition) is 3. The molecule has 0 radical (unpaired) electrons. The Morgan fingerprint density at radius 1 is 1.27 bits per heavy atom. The lowest BCUT2D eigenvalue weighted by atomic mass is 10.1. The van der Waals surface area contributed by atoms with Crippen LogP contribution in [0.4, 0.5) is 0 Å². The molecule has 2 N–H and O–H groups in total. The summed E-state index contributed by atoms with van der Waals surface area (Å²) in [6.07, 6.45) is 0.742. The highest BCUT2D eigenvalue weighted by Crippen LogP contribution is 2.14. The molecule has 0 fully saturated rings. The minimum absolute atomic E-state index is 0.111. The molecule has 0 aliphatic heterocycles. The van der Waals surface area contributed by atoms with E-state index in [9.17, 15) is 8.42 Å². The van der Waals surface area contributed by atoms with Crippen LogP contribution in [0.15, 0.2) is 35.2 Å². The first-order valence-electron chi connectivity index (χ1n) is 5.04. The van der Waals surface area contributed by atoms with Crippen LogP contribution in [0.1, 0.15) is 13.3 Å². The van der Waals surface area contributed by atoms with Gasteiger partial charge in [0.15, 0.2) is 9.84 Å². The maximum absolute atomic E-state index is 11.9. The molecule has 4 heteroatoms. The van der Waals surface area contributed by atoms with Crippen LogP contribution < -0.4 is 5.73 Å². The van der Waals surface area contributed by atoms with Crippen LogP contribution in [-0.4, -0.2) is 20.7 Å². The Balaban J connectivity index is 2.77. The zero-order valence-corrected chi connectivity index (χ0v) is 9.70. The fourth-order valence-corrected chi connectivity index (χ4v) is 3.15. The van der Waals surface area contributed by atoms with Crippen molar-refractivity contribution in [3.63, 3.8) is 0 Å². The summed E-state index contributed by atoms with van der Waals surface area (Å²) >= 11 is 0. The Morgan fingerprint density at radius 2 is 1.87 bits per heavy atom. The summed E-state index contributed by atoms with van der Waals surface area (Å²) in [4.78, 5) is 0.397. The van der Waals surface area contributed by atoms with Crippen molar-refractivity contribution in [2.75, 3.05) is 12.3 Å². The van der Waals surface area contributed by atoms with E-state index < -0.39 is 9.84 Å². The van der Waals surface area contributed by atoms with Gasteiger partial charge in [-0.1, -0.05) is 25.1 Å².